The van der Waals surface area contributed by atoms with Gasteiger partial charge in [0.2, 0.25) is 0 Å². The molecule has 0 aliphatic rings. The van der Waals surface area contributed by atoms with E-state index in [1.165, 1.54) is 24.6 Å². The zero-order valence-electron chi connectivity index (χ0n) is 6.77. The third kappa shape index (κ3) is 5.52. The Morgan fingerprint density at radius 3 is 1.64 bits per heavy atom. The van der Waals surface area contributed by atoms with Crippen LogP contribution in [0, 0.1) is 11.6 Å². The first-order valence-corrected chi connectivity index (χ1v) is 3.61. The number of hydrogen-bond acceptors (Lipinski definition) is 0. The van der Waals surface area contributed by atoms with Crippen LogP contribution in [0.1, 0.15) is 20.3 Å². The number of hydrogen-bond donors (Lipinski definition) is 0. The molecule has 0 N–H and O–H groups in total. The molecule has 1 aromatic rings. The molecular weight excluding hydrogens is 146 g/mol. The van der Waals surface area contributed by atoms with Crippen molar-refractivity contribution < 1.29 is 8.78 Å². The van der Waals surface area contributed by atoms with E-state index < -0.39 is 11.6 Å². The average Bonchev–Trinajstić information content (AvgIpc) is 1.88. The number of rotatable bonds is 0. The van der Waals surface area contributed by atoms with Crippen LogP contribution < -0.4 is 0 Å². The minimum atomic E-state index is -0.537. The Labute approximate surface area is 65.9 Å². The molecule has 0 heterocycles. The van der Waals surface area contributed by atoms with E-state index in [9.17, 15) is 8.78 Å². The average molecular weight is 158 g/mol. The summed E-state index contributed by atoms with van der Waals surface area (Å²) >= 11 is 0. The fourth-order valence-corrected chi connectivity index (χ4v) is 0.460. The quantitative estimate of drug-likeness (QED) is 0.543. The topological polar surface area (TPSA) is 0 Å². The lowest BCUT2D eigenvalue weighted by Crippen LogP contribution is -1.73. The Morgan fingerprint density at radius 1 is 1.09 bits per heavy atom. The van der Waals surface area contributed by atoms with Crippen LogP contribution in [0.3, 0.4) is 0 Å². The predicted octanol–water partition coefficient (Wildman–Crippen LogP) is 3.38. The smallest absolute Gasteiger partial charge is 0.126 e. The summed E-state index contributed by atoms with van der Waals surface area (Å²) in [7, 11) is 0. The van der Waals surface area contributed by atoms with Crippen molar-refractivity contribution in [3.05, 3.63) is 35.9 Å². The molecule has 2 heteroatoms. The summed E-state index contributed by atoms with van der Waals surface area (Å²) in [5.74, 6) is -1.07. The van der Waals surface area contributed by atoms with Gasteiger partial charge in [-0.3, -0.25) is 0 Å². The van der Waals surface area contributed by atoms with Crippen LogP contribution >= 0.6 is 0 Å². The standard InChI is InChI=1S/C6H4F2.C3H8/c7-5-2-1-3-6(8)4-5;1-3-2/h1-4H;3H2,1-2H3. The van der Waals surface area contributed by atoms with E-state index in [1.807, 2.05) is 0 Å². The second-order valence-electron chi connectivity index (χ2n) is 2.15. The van der Waals surface area contributed by atoms with Crippen LogP contribution in [-0.4, -0.2) is 0 Å². The molecule has 11 heavy (non-hydrogen) atoms. The lowest BCUT2D eigenvalue weighted by molar-refractivity contribution is 0.583. The molecule has 0 aliphatic carbocycles. The molecule has 0 saturated heterocycles. The van der Waals surface area contributed by atoms with Crippen molar-refractivity contribution in [1.29, 1.82) is 0 Å². The van der Waals surface area contributed by atoms with Crippen LogP contribution in [0.4, 0.5) is 8.78 Å². The summed E-state index contributed by atoms with van der Waals surface area (Å²) in [6.07, 6.45) is 1.25. The summed E-state index contributed by atoms with van der Waals surface area (Å²) in [6.45, 7) is 4.25. The van der Waals surface area contributed by atoms with Gasteiger partial charge >= 0.3 is 0 Å². The van der Waals surface area contributed by atoms with E-state index in [1.54, 1.807) is 0 Å². The zero-order valence-corrected chi connectivity index (χ0v) is 6.77. The van der Waals surface area contributed by atoms with Gasteiger partial charge in [0.25, 0.3) is 0 Å². The second kappa shape index (κ2) is 5.83. The van der Waals surface area contributed by atoms with Gasteiger partial charge in [-0.05, 0) is 12.1 Å². The Hall–Kier alpha value is -0.920. The van der Waals surface area contributed by atoms with Crippen molar-refractivity contribution in [2.45, 2.75) is 20.3 Å². The van der Waals surface area contributed by atoms with Gasteiger partial charge < -0.3 is 0 Å². The van der Waals surface area contributed by atoms with Gasteiger partial charge in [0.15, 0.2) is 0 Å². The molecule has 0 radical (unpaired) electrons. The summed E-state index contributed by atoms with van der Waals surface area (Å²) in [6, 6.07) is 4.55. The van der Waals surface area contributed by atoms with Crippen molar-refractivity contribution >= 4 is 0 Å². The largest absolute Gasteiger partial charge is 0.207 e. The van der Waals surface area contributed by atoms with Crippen molar-refractivity contribution in [3.63, 3.8) is 0 Å². The maximum absolute atomic E-state index is 11.9. The molecule has 0 bridgehead atoms. The summed E-state index contributed by atoms with van der Waals surface area (Å²) in [4.78, 5) is 0. The van der Waals surface area contributed by atoms with Crippen LogP contribution in [0.25, 0.3) is 0 Å². The molecule has 0 saturated carbocycles. The molecule has 1 rings (SSSR count). The third-order valence-corrected chi connectivity index (χ3v) is 0.787. The van der Waals surface area contributed by atoms with Crippen molar-refractivity contribution in [3.8, 4) is 0 Å². The van der Waals surface area contributed by atoms with E-state index in [-0.39, 0.29) is 0 Å². The lowest BCUT2D eigenvalue weighted by atomic mass is 10.3. The number of halogens is 2. The molecule has 0 aliphatic heterocycles. The first kappa shape index (κ1) is 10.1. The monoisotopic (exact) mass is 158 g/mol. The minimum Gasteiger partial charge on any atom is -0.207 e. The van der Waals surface area contributed by atoms with Crippen LogP contribution in [-0.2, 0) is 0 Å². The van der Waals surface area contributed by atoms with Gasteiger partial charge in [-0.1, -0.05) is 26.3 Å². The van der Waals surface area contributed by atoms with Crippen molar-refractivity contribution in [2.75, 3.05) is 0 Å². The third-order valence-electron chi connectivity index (χ3n) is 0.787. The van der Waals surface area contributed by atoms with Gasteiger partial charge in [0, 0.05) is 6.07 Å². The number of benzene rings is 1. The normalized spacial score (nSPS) is 8.36. The zero-order chi connectivity index (χ0) is 8.69. The molecule has 0 atom stereocenters. The Balaban J connectivity index is 0.000000292. The van der Waals surface area contributed by atoms with E-state index in [4.69, 9.17) is 0 Å². The summed E-state index contributed by atoms with van der Waals surface area (Å²) in [5.41, 5.74) is 0. The van der Waals surface area contributed by atoms with Crippen molar-refractivity contribution in [2.24, 2.45) is 0 Å². The van der Waals surface area contributed by atoms with Crippen LogP contribution in [0.2, 0.25) is 0 Å². The van der Waals surface area contributed by atoms with Crippen molar-refractivity contribution in [1.82, 2.24) is 0 Å². The van der Waals surface area contributed by atoms with E-state index in [2.05, 4.69) is 13.8 Å². The highest BCUT2D eigenvalue weighted by Gasteiger charge is 1.88. The molecule has 0 amide bonds. The predicted molar refractivity (Wildman–Crippen MR) is 42.3 cm³/mol. The highest BCUT2D eigenvalue weighted by molar-refractivity contribution is 5.04. The maximum atomic E-state index is 11.9. The Bertz CT molecular complexity index is 179. The van der Waals surface area contributed by atoms with E-state index >= 15 is 0 Å². The molecule has 0 spiro atoms. The SMILES string of the molecule is CCC.Fc1cccc(F)c1. The van der Waals surface area contributed by atoms with E-state index in [0.717, 1.165) is 6.07 Å². The summed E-state index contributed by atoms with van der Waals surface area (Å²) in [5, 5.41) is 0. The minimum absolute atomic E-state index is 0.537. The molecular formula is C9H12F2. The molecule has 62 valence electrons. The molecule has 0 fully saturated rings. The first-order chi connectivity index (χ1) is 5.20. The molecule has 0 aromatic heterocycles. The van der Waals surface area contributed by atoms with Crippen LogP contribution in [0.5, 0.6) is 0 Å². The lowest BCUT2D eigenvalue weighted by Gasteiger charge is -1.84. The maximum Gasteiger partial charge on any atom is 0.126 e. The summed E-state index contributed by atoms with van der Waals surface area (Å²) < 4.78 is 23.9. The highest BCUT2D eigenvalue weighted by atomic mass is 19.1. The van der Waals surface area contributed by atoms with Gasteiger partial charge in [-0.25, -0.2) is 8.78 Å². The fraction of sp³-hybridized carbons (Fsp3) is 0.333. The Morgan fingerprint density at radius 2 is 1.45 bits per heavy atom. The van der Waals surface area contributed by atoms with Gasteiger partial charge in [0.1, 0.15) is 11.6 Å². The molecule has 0 nitrogen and oxygen atoms in total. The second-order valence-corrected chi connectivity index (χ2v) is 2.15. The molecule has 1 aromatic carbocycles. The van der Waals surface area contributed by atoms with Crippen LogP contribution in [0.15, 0.2) is 24.3 Å². The fourth-order valence-electron chi connectivity index (χ4n) is 0.460. The molecule has 0 unspecified atom stereocenters. The van der Waals surface area contributed by atoms with E-state index in [0.29, 0.717) is 0 Å². The first-order valence-electron chi connectivity index (χ1n) is 3.61. The Kier molecular flexibility index (Phi) is 5.35. The van der Waals surface area contributed by atoms with Gasteiger partial charge in [0.05, 0.1) is 0 Å². The van der Waals surface area contributed by atoms with Gasteiger partial charge in [-0.15, -0.1) is 0 Å². The highest BCUT2D eigenvalue weighted by Crippen LogP contribution is 1.99. The van der Waals surface area contributed by atoms with Gasteiger partial charge in [-0.2, -0.15) is 0 Å².